The number of carbonyl (C=O) groups is 1. The highest BCUT2D eigenvalue weighted by molar-refractivity contribution is 5.78. The first-order valence-electron chi connectivity index (χ1n) is 8.76. The predicted molar refractivity (Wildman–Crippen MR) is 94.0 cm³/mol. The summed E-state index contributed by atoms with van der Waals surface area (Å²) in [5, 5.41) is 3.29. The Morgan fingerprint density at radius 1 is 1.26 bits per heavy atom. The number of nitrogens with one attached hydrogen (secondary N) is 1. The molecule has 0 aromatic heterocycles. The molecule has 1 aliphatic heterocycles. The van der Waals surface area contributed by atoms with Gasteiger partial charge in [-0.3, -0.25) is 4.79 Å². The monoisotopic (exact) mass is 318 g/mol. The number of carbonyl (C=O) groups excluding carboxylic acids is 1. The zero-order valence-corrected chi connectivity index (χ0v) is 14.9. The molecule has 1 saturated heterocycles. The molecule has 1 atom stereocenters. The Kier molecular flexibility index (Phi) is 6.46. The first-order chi connectivity index (χ1) is 11.0. The van der Waals surface area contributed by atoms with Crippen LogP contribution in [0.15, 0.2) is 12.1 Å². The standard InChI is InChI=1S/C19H30N2O2/c1-5-23-18-9-8-17(15(3)16(18)4)7-6-14(2)19(22)21-12-10-20-11-13-21/h8-9,14,20H,5-7,10-13H2,1-4H3. The summed E-state index contributed by atoms with van der Waals surface area (Å²) < 4.78 is 5.65. The minimum absolute atomic E-state index is 0.0828. The molecular weight excluding hydrogens is 288 g/mol. The van der Waals surface area contributed by atoms with E-state index in [0.717, 1.165) is 44.8 Å². The zero-order valence-electron chi connectivity index (χ0n) is 14.9. The minimum Gasteiger partial charge on any atom is -0.494 e. The second kappa shape index (κ2) is 8.34. The molecule has 1 aliphatic rings. The number of benzene rings is 1. The summed E-state index contributed by atoms with van der Waals surface area (Å²) in [6, 6.07) is 4.21. The van der Waals surface area contributed by atoms with E-state index in [-0.39, 0.29) is 5.92 Å². The molecule has 23 heavy (non-hydrogen) atoms. The van der Waals surface area contributed by atoms with Gasteiger partial charge in [-0.2, -0.15) is 0 Å². The Hall–Kier alpha value is -1.55. The molecule has 4 heteroatoms. The molecule has 0 bridgehead atoms. The van der Waals surface area contributed by atoms with Crippen molar-refractivity contribution in [3.05, 3.63) is 28.8 Å². The van der Waals surface area contributed by atoms with Crippen molar-refractivity contribution in [3.8, 4) is 5.75 Å². The van der Waals surface area contributed by atoms with Gasteiger partial charge in [0, 0.05) is 32.1 Å². The SMILES string of the molecule is CCOc1ccc(CCC(C)C(=O)N2CCNCC2)c(C)c1C. The van der Waals surface area contributed by atoms with Crippen LogP contribution in [-0.2, 0) is 11.2 Å². The van der Waals surface area contributed by atoms with Crippen molar-refractivity contribution >= 4 is 5.91 Å². The lowest BCUT2D eigenvalue weighted by Gasteiger charge is -2.30. The average Bonchev–Trinajstić information content (AvgIpc) is 2.58. The molecule has 128 valence electrons. The number of piperazine rings is 1. The third-order valence-electron chi connectivity index (χ3n) is 4.85. The summed E-state index contributed by atoms with van der Waals surface area (Å²) >= 11 is 0. The maximum Gasteiger partial charge on any atom is 0.225 e. The van der Waals surface area contributed by atoms with E-state index in [2.05, 4.69) is 38.2 Å². The fraction of sp³-hybridized carbons (Fsp3) is 0.632. The molecule has 1 aromatic carbocycles. The van der Waals surface area contributed by atoms with Gasteiger partial charge in [0.2, 0.25) is 5.91 Å². The van der Waals surface area contributed by atoms with Gasteiger partial charge < -0.3 is 15.0 Å². The van der Waals surface area contributed by atoms with E-state index < -0.39 is 0 Å². The molecule has 2 rings (SSSR count). The quantitative estimate of drug-likeness (QED) is 0.877. The first-order valence-corrected chi connectivity index (χ1v) is 8.76. The van der Waals surface area contributed by atoms with Gasteiger partial charge in [-0.1, -0.05) is 13.0 Å². The summed E-state index contributed by atoms with van der Waals surface area (Å²) in [6.45, 7) is 12.5. The lowest BCUT2D eigenvalue weighted by Crippen LogP contribution is -2.48. The Bertz CT molecular complexity index is 536. The van der Waals surface area contributed by atoms with Crippen molar-refractivity contribution in [3.63, 3.8) is 0 Å². The number of hydrogen-bond donors (Lipinski definition) is 1. The van der Waals surface area contributed by atoms with Crippen LogP contribution in [0.2, 0.25) is 0 Å². The molecule has 4 nitrogen and oxygen atoms in total. The van der Waals surface area contributed by atoms with Crippen LogP contribution >= 0.6 is 0 Å². The molecule has 0 spiro atoms. The summed E-state index contributed by atoms with van der Waals surface area (Å²) in [4.78, 5) is 14.5. The number of hydrogen-bond acceptors (Lipinski definition) is 3. The lowest BCUT2D eigenvalue weighted by atomic mass is 9.94. The Labute approximate surface area is 140 Å². The average molecular weight is 318 g/mol. The number of aryl methyl sites for hydroxylation is 1. The van der Waals surface area contributed by atoms with Gasteiger partial charge in [0.25, 0.3) is 0 Å². The molecule has 1 unspecified atom stereocenters. The molecular formula is C19H30N2O2. The highest BCUT2D eigenvalue weighted by atomic mass is 16.5. The van der Waals surface area contributed by atoms with E-state index in [9.17, 15) is 4.79 Å². The van der Waals surface area contributed by atoms with Crippen LogP contribution in [-0.4, -0.2) is 43.6 Å². The third kappa shape index (κ3) is 4.47. The van der Waals surface area contributed by atoms with Crippen molar-refractivity contribution in [2.45, 2.75) is 40.5 Å². The lowest BCUT2D eigenvalue weighted by molar-refractivity contribution is -0.135. The molecule has 1 fully saturated rings. The number of amides is 1. The smallest absolute Gasteiger partial charge is 0.225 e. The normalized spacial score (nSPS) is 16.3. The second-order valence-corrected chi connectivity index (χ2v) is 6.42. The molecule has 1 amide bonds. The minimum atomic E-state index is 0.0828. The van der Waals surface area contributed by atoms with Crippen LogP contribution in [0.3, 0.4) is 0 Å². The van der Waals surface area contributed by atoms with Crippen molar-refractivity contribution in [2.75, 3.05) is 32.8 Å². The van der Waals surface area contributed by atoms with Gasteiger partial charge in [-0.15, -0.1) is 0 Å². The summed E-state index contributed by atoms with van der Waals surface area (Å²) in [5.41, 5.74) is 3.83. The summed E-state index contributed by atoms with van der Waals surface area (Å²) in [7, 11) is 0. The molecule has 0 radical (unpaired) electrons. The van der Waals surface area contributed by atoms with E-state index in [1.54, 1.807) is 0 Å². The number of rotatable bonds is 6. The van der Waals surface area contributed by atoms with Crippen molar-refractivity contribution in [2.24, 2.45) is 5.92 Å². The van der Waals surface area contributed by atoms with E-state index in [0.29, 0.717) is 12.5 Å². The van der Waals surface area contributed by atoms with Crippen LogP contribution in [0.1, 0.15) is 37.0 Å². The molecule has 1 N–H and O–H groups in total. The summed E-state index contributed by atoms with van der Waals surface area (Å²) in [6.07, 6.45) is 1.84. The van der Waals surface area contributed by atoms with Gasteiger partial charge in [0.05, 0.1) is 6.61 Å². The van der Waals surface area contributed by atoms with Crippen LogP contribution in [0, 0.1) is 19.8 Å². The maximum absolute atomic E-state index is 12.5. The number of nitrogens with zero attached hydrogens (tertiary/aromatic N) is 1. The van der Waals surface area contributed by atoms with E-state index in [1.165, 1.54) is 16.7 Å². The second-order valence-electron chi connectivity index (χ2n) is 6.42. The molecule has 1 aromatic rings. The van der Waals surface area contributed by atoms with Crippen molar-refractivity contribution < 1.29 is 9.53 Å². The fourth-order valence-electron chi connectivity index (χ4n) is 3.13. The van der Waals surface area contributed by atoms with Gasteiger partial charge >= 0.3 is 0 Å². The van der Waals surface area contributed by atoms with Gasteiger partial charge in [0.1, 0.15) is 5.75 Å². The largest absolute Gasteiger partial charge is 0.494 e. The van der Waals surface area contributed by atoms with Crippen LogP contribution < -0.4 is 10.1 Å². The topological polar surface area (TPSA) is 41.6 Å². The van der Waals surface area contributed by atoms with Crippen LogP contribution in [0.5, 0.6) is 5.75 Å². The molecule has 1 heterocycles. The van der Waals surface area contributed by atoms with Crippen molar-refractivity contribution in [1.29, 1.82) is 0 Å². The maximum atomic E-state index is 12.5. The molecule has 0 aliphatic carbocycles. The van der Waals surface area contributed by atoms with Crippen LogP contribution in [0.25, 0.3) is 0 Å². The zero-order chi connectivity index (χ0) is 16.8. The Morgan fingerprint density at radius 2 is 1.96 bits per heavy atom. The third-order valence-corrected chi connectivity index (χ3v) is 4.85. The Morgan fingerprint density at radius 3 is 2.61 bits per heavy atom. The summed E-state index contributed by atoms with van der Waals surface area (Å²) in [5.74, 6) is 1.35. The highest BCUT2D eigenvalue weighted by Gasteiger charge is 2.22. The van der Waals surface area contributed by atoms with Gasteiger partial charge in [-0.25, -0.2) is 0 Å². The number of ether oxygens (including phenoxy) is 1. The predicted octanol–water partition coefficient (Wildman–Crippen LogP) is 2.70. The Balaban J connectivity index is 1.94. The van der Waals surface area contributed by atoms with E-state index >= 15 is 0 Å². The van der Waals surface area contributed by atoms with E-state index in [1.807, 2.05) is 11.8 Å². The van der Waals surface area contributed by atoms with Crippen molar-refractivity contribution in [1.82, 2.24) is 10.2 Å². The van der Waals surface area contributed by atoms with Crippen LogP contribution in [0.4, 0.5) is 0 Å². The van der Waals surface area contributed by atoms with Gasteiger partial charge in [0.15, 0.2) is 0 Å². The van der Waals surface area contributed by atoms with Gasteiger partial charge in [-0.05, 0) is 56.4 Å². The van der Waals surface area contributed by atoms with E-state index in [4.69, 9.17) is 4.74 Å². The molecule has 0 saturated carbocycles. The highest BCUT2D eigenvalue weighted by Crippen LogP contribution is 2.26. The first kappa shape index (κ1) is 17.8. The fourth-order valence-corrected chi connectivity index (χ4v) is 3.13.